The third-order valence-electron chi connectivity index (χ3n) is 10.4. The number of phenols is 1. The van der Waals surface area contributed by atoms with E-state index < -0.39 is 40.9 Å². The van der Waals surface area contributed by atoms with Gasteiger partial charge in [0.25, 0.3) is 0 Å². The van der Waals surface area contributed by atoms with E-state index in [2.05, 4.69) is 6.92 Å². The van der Waals surface area contributed by atoms with Crippen molar-refractivity contribution in [3.8, 4) is 5.75 Å². The number of hydrogen-bond acceptors (Lipinski definition) is 9. The summed E-state index contributed by atoms with van der Waals surface area (Å²) < 4.78 is 0. The van der Waals surface area contributed by atoms with Crippen molar-refractivity contribution in [3.63, 3.8) is 0 Å². The number of rotatable bonds is 7. The van der Waals surface area contributed by atoms with Crippen LogP contribution in [-0.2, 0) is 20.8 Å². The highest BCUT2D eigenvalue weighted by molar-refractivity contribution is 8.00. The molecule has 1 aromatic carbocycles. The average molecular weight is 590 g/mol. The van der Waals surface area contributed by atoms with Crippen LogP contribution in [0.1, 0.15) is 57.9 Å². The Kier molecular flexibility index (Phi) is 9.40. The van der Waals surface area contributed by atoms with Gasteiger partial charge in [0.15, 0.2) is 11.6 Å². The molecule has 226 valence electrons. The molecule has 0 saturated heterocycles. The summed E-state index contributed by atoms with van der Waals surface area (Å²) in [6.45, 7) is 3.87. The minimum absolute atomic E-state index is 0.00378. The summed E-state index contributed by atoms with van der Waals surface area (Å²) in [5, 5.41) is 50.2. The molecule has 3 fully saturated rings. The zero-order valence-electron chi connectivity index (χ0n) is 23.8. The average Bonchev–Trinajstić information content (AvgIpc) is 3.19. The maximum absolute atomic E-state index is 12.5. The number of aliphatic hydroxyl groups is 3. The number of hydrogen-bond donors (Lipinski definition) is 6. The fourth-order valence-electron chi connectivity index (χ4n) is 8.47. The highest BCUT2D eigenvalue weighted by Crippen LogP contribution is 2.68. The summed E-state index contributed by atoms with van der Waals surface area (Å²) in [7, 11) is 0. The third-order valence-corrected chi connectivity index (χ3v) is 11.7. The van der Waals surface area contributed by atoms with Crippen LogP contribution in [0.15, 0.2) is 35.9 Å². The van der Waals surface area contributed by atoms with Gasteiger partial charge in [-0.05, 0) is 97.6 Å². The van der Waals surface area contributed by atoms with Gasteiger partial charge in [0.1, 0.15) is 18.0 Å². The van der Waals surface area contributed by atoms with Crippen molar-refractivity contribution in [1.82, 2.24) is 0 Å². The van der Waals surface area contributed by atoms with Crippen LogP contribution in [0.3, 0.4) is 0 Å². The van der Waals surface area contributed by atoms with Crippen LogP contribution in [0, 0.1) is 28.6 Å². The first-order valence-electron chi connectivity index (χ1n) is 14.4. The number of carboxylic acid groups (broad SMARTS) is 1. The second kappa shape index (κ2) is 12.2. The van der Waals surface area contributed by atoms with E-state index in [0.29, 0.717) is 38.0 Å². The molecule has 5 rings (SSSR count). The number of ketones is 2. The van der Waals surface area contributed by atoms with Crippen molar-refractivity contribution in [3.05, 3.63) is 41.5 Å². The summed E-state index contributed by atoms with van der Waals surface area (Å²) in [5.41, 5.74) is 4.51. The Morgan fingerprint density at radius 2 is 1.83 bits per heavy atom. The maximum Gasteiger partial charge on any atom is 0.313 e. The van der Waals surface area contributed by atoms with Gasteiger partial charge >= 0.3 is 5.97 Å². The Labute approximate surface area is 245 Å². The number of phenolic OH excluding ortho intramolecular Hbond substituents is 1. The minimum Gasteiger partial charge on any atom is -0.508 e. The molecule has 3 saturated carbocycles. The molecule has 8 atom stereocenters. The van der Waals surface area contributed by atoms with Crippen LogP contribution in [0.25, 0.3) is 0 Å². The second-order valence-electron chi connectivity index (χ2n) is 12.6. The smallest absolute Gasteiger partial charge is 0.313 e. The summed E-state index contributed by atoms with van der Waals surface area (Å²) in [5.74, 6) is -1.35. The van der Waals surface area contributed by atoms with E-state index in [9.17, 15) is 34.8 Å². The molecule has 41 heavy (non-hydrogen) atoms. The Bertz CT molecular complexity index is 1190. The van der Waals surface area contributed by atoms with Crippen LogP contribution in [-0.4, -0.2) is 78.9 Å². The fraction of sp³-hybridized carbons (Fsp3) is 0.645. The molecule has 0 unspecified atom stereocenters. The molecule has 0 bridgehead atoms. The minimum atomic E-state index is -1.67. The number of Topliss-reactive ketones (excluding diaryl/α,β-unsaturated/α-hetero) is 1. The molecular formula is C31H43NO8S. The Balaban J connectivity index is 0.000000328. The Morgan fingerprint density at radius 3 is 2.44 bits per heavy atom. The Hall–Kier alpha value is -2.24. The van der Waals surface area contributed by atoms with E-state index in [1.54, 1.807) is 18.2 Å². The van der Waals surface area contributed by atoms with E-state index in [1.807, 2.05) is 19.1 Å². The number of fused-ring (bicyclic) bond motifs is 5. The first kappa shape index (κ1) is 31.7. The van der Waals surface area contributed by atoms with Gasteiger partial charge in [-0.1, -0.05) is 26.0 Å². The van der Waals surface area contributed by atoms with Gasteiger partial charge in [-0.25, -0.2) is 0 Å². The van der Waals surface area contributed by atoms with E-state index in [4.69, 9.17) is 10.8 Å². The SMILES string of the molecule is C[C@]12CCC(=O)C=C1[C@@H](SCC(=O)O)C[C@@H]1[C@@H]2[C@@H](O)C[C@@]2(C)[C@H]1CC[C@]2(O)C(=O)CO.NCCc1ccc(O)cc1. The standard InChI is InChI=1S/C23H32O7S.C8H11NO/c1-21-5-3-12(25)7-15(21)17(31-11-19(28)29)8-13-14-4-6-23(30,18(27)10-24)22(14,2)9-16(26)20(13)21;9-6-5-7-1-3-8(10)4-2-7/h7,13-14,16-17,20,24,26,30H,3-6,8-11H2,1-2H3,(H,28,29);1-4,10H,5-6,9H2/t13-,14-,16-,17-,20+,21-,22-,23-;/m0./s1. The second-order valence-corrected chi connectivity index (χ2v) is 13.8. The zero-order chi connectivity index (χ0) is 30.2. The fourth-order valence-corrected chi connectivity index (χ4v) is 9.69. The first-order chi connectivity index (χ1) is 19.3. The number of benzene rings is 1. The zero-order valence-corrected chi connectivity index (χ0v) is 24.6. The van der Waals surface area contributed by atoms with Crippen molar-refractivity contribution in [1.29, 1.82) is 0 Å². The van der Waals surface area contributed by atoms with E-state index in [-0.39, 0.29) is 47.4 Å². The quantitative estimate of drug-likeness (QED) is 0.277. The molecule has 1 aromatic rings. The molecule has 0 amide bonds. The van der Waals surface area contributed by atoms with Crippen molar-refractivity contribution >= 4 is 29.3 Å². The first-order valence-corrected chi connectivity index (χ1v) is 15.5. The number of aliphatic carboxylic acids is 1. The lowest BCUT2D eigenvalue weighted by Crippen LogP contribution is -2.63. The van der Waals surface area contributed by atoms with Crippen molar-refractivity contribution in [2.75, 3.05) is 18.9 Å². The number of carbonyl (C=O) groups excluding carboxylic acids is 2. The van der Waals surface area contributed by atoms with Gasteiger partial charge in [0.05, 0.1) is 11.9 Å². The van der Waals surface area contributed by atoms with Crippen LogP contribution < -0.4 is 5.73 Å². The van der Waals surface area contributed by atoms with Crippen LogP contribution in [0.2, 0.25) is 0 Å². The summed E-state index contributed by atoms with van der Waals surface area (Å²) in [6.07, 6.45) is 4.58. The van der Waals surface area contributed by atoms with Gasteiger partial charge in [-0.15, -0.1) is 11.8 Å². The molecule has 4 aliphatic rings. The molecule has 0 spiro atoms. The van der Waals surface area contributed by atoms with Crippen LogP contribution in [0.4, 0.5) is 0 Å². The van der Waals surface area contributed by atoms with Crippen molar-refractivity contribution in [2.45, 2.75) is 75.7 Å². The summed E-state index contributed by atoms with van der Waals surface area (Å²) >= 11 is 1.32. The highest BCUT2D eigenvalue weighted by Gasteiger charge is 2.69. The van der Waals surface area contributed by atoms with Crippen LogP contribution >= 0.6 is 11.8 Å². The number of thioether (sulfide) groups is 1. The van der Waals surface area contributed by atoms with Gasteiger partial charge in [-0.2, -0.15) is 0 Å². The van der Waals surface area contributed by atoms with Gasteiger partial charge < -0.3 is 31.3 Å². The summed E-state index contributed by atoms with van der Waals surface area (Å²) in [6, 6.07) is 7.10. The van der Waals surface area contributed by atoms with Gasteiger partial charge in [0.2, 0.25) is 0 Å². The van der Waals surface area contributed by atoms with E-state index in [1.165, 1.54) is 17.3 Å². The predicted molar refractivity (Wildman–Crippen MR) is 155 cm³/mol. The van der Waals surface area contributed by atoms with Crippen molar-refractivity contribution in [2.24, 2.45) is 34.3 Å². The van der Waals surface area contributed by atoms with Gasteiger partial charge in [-0.3, -0.25) is 14.4 Å². The third kappa shape index (κ3) is 5.73. The monoisotopic (exact) mass is 589 g/mol. The van der Waals surface area contributed by atoms with Gasteiger partial charge in [0, 0.05) is 17.1 Å². The molecule has 7 N–H and O–H groups in total. The van der Waals surface area contributed by atoms with E-state index in [0.717, 1.165) is 12.0 Å². The molecule has 0 heterocycles. The highest BCUT2D eigenvalue weighted by atomic mass is 32.2. The molecular weight excluding hydrogens is 546 g/mol. The number of aliphatic hydroxyl groups excluding tert-OH is 2. The number of carboxylic acids is 1. The molecule has 9 nitrogen and oxygen atoms in total. The lowest BCUT2D eigenvalue weighted by molar-refractivity contribution is -0.181. The van der Waals surface area contributed by atoms with Crippen molar-refractivity contribution < 1.29 is 39.9 Å². The lowest BCUT2D eigenvalue weighted by Gasteiger charge is -2.61. The molecule has 4 aliphatic carbocycles. The molecule has 0 aliphatic heterocycles. The Morgan fingerprint density at radius 1 is 1.15 bits per heavy atom. The largest absolute Gasteiger partial charge is 0.508 e. The topological polar surface area (TPSA) is 178 Å². The van der Waals surface area contributed by atoms with E-state index >= 15 is 0 Å². The predicted octanol–water partition coefficient (Wildman–Crippen LogP) is 2.47. The molecule has 0 radical (unpaired) electrons. The number of aromatic hydroxyl groups is 1. The lowest BCUT2D eigenvalue weighted by atomic mass is 9.45. The maximum atomic E-state index is 12.5. The normalized spacial score (nSPS) is 37.6. The summed E-state index contributed by atoms with van der Waals surface area (Å²) in [4.78, 5) is 36.1. The molecule has 10 heteroatoms. The number of nitrogens with two attached hydrogens (primary N) is 1. The molecule has 0 aromatic heterocycles. The number of carbonyl (C=O) groups is 3. The van der Waals surface area contributed by atoms with Crippen LogP contribution in [0.5, 0.6) is 5.75 Å².